The third-order valence-electron chi connectivity index (χ3n) is 9.51. The van der Waals surface area contributed by atoms with Crippen molar-refractivity contribution in [3.63, 3.8) is 0 Å². The maximum Gasteiger partial charge on any atom is 0.312 e. The van der Waals surface area contributed by atoms with Gasteiger partial charge < -0.3 is 9.84 Å². The van der Waals surface area contributed by atoms with Gasteiger partial charge in [-0.3, -0.25) is 4.79 Å². The molecule has 29 heavy (non-hydrogen) atoms. The fraction of sp³-hybridized carbons (Fsp3) is 0.962. The molecule has 3 heteroatoms. The molecule has 4 aliphatic rings. The number of hydrogen-bond donors (Lipinski definition) is 1. The van der Waals surface area contributed by atoms with Gasteiger partial charge in [0.1, 0.15) is 5.60 Å². The fourth-order valence-corrected chi connectivity index (χ4v) is 7.73. The molecule has 4 fully saturated rings. The average Bonchev–Trinajstić information content (AvgIpc) is 2.56. The van der Waals surface area contributed by atoms with Gasteiger partial charge in [-0.1, -0.05) is 41.5 Å². The Morgan fingerprint density at radius 3 is 2.10 bits per heavy atom. The van der Waals surface area contributed by atoms with Crippen molar-refractivity contribution in [1.82, 2.24) is 0 Å². The van der Waals surface area contributed by atoms with E-state index in [0.717, 1.165) is 57.8 Å². The van der Waals surface area contributed by atoms with Gasteiger partial charge >= 0.3 is 5.97 Å². The van der Waals surface area contributed by atoms with Gasteiger partial charge in [0, 0.05) is 0 Å². The highest BCUT2D eigenvalue weighted by Crippen LogP contribution is 2.63. The highest BCUT2D eigenvalue weighted by Gasteiger charge is 2.61. The summed E-state index contributed by atoms with van der Waals surface area (Å²) < 4.78 is 6.63. The first-order chi connectivity index (χ1) is 13.2. The summed E-state index contributed by atoms with van der Waals surface area (Å²) in [6.07, 6.45) is 9.05. The monoisotopic (exact) mass is 404 g/mol. The Balaban J connectivity index is 1.58. The number of aliphatic hydroxyl groups is 1. The van der Waals surface area contributed by atoms with Gasteiger partial charge in [0.25, 0.3) is 0 Å². The second-order valence-electron chi connectivity index (χ2n) is 13.9. The topological polar surface area (TPSA) is 46.5 Å². The Hall–Kier alpha value is -0.570. The third-order valence-corrected chi connectivity index (χ3v) is 9.51. The van der Waals surface area contributed by atoms with Gasteiger partial charge in [0.2, 0.25) is 0 Å². The second kappa shape index (κ2) is 6.47. The predicted octanol–water partition coefficient (Wildman–Crippen LogP) is 6.13. The molecule has 0 saturated heterocycles. The second-order valence-corrected chi connectivity index (χ2v) is 13.9. The minimum atomic E-state index is -0.493. The van der Waals surface area contributed by atoms with E-state index in [-0.39, 0.29) is 22.4 Å². The highest BCUT2D eigenvalue weighted by molar-refractivity contribution is 5.78. The van der Waals surface area contributed by atoms with Crippen LogP contribution in [0.5, 0.6) is 0 Å². The molecule has 4 aliphatic carbocycles. The summed E-state index contributed by atoms with van der Waals surface area (Å²) >= 11 is 0. The fourth-order valence-electron chi connectivity index (χ4n) is 7.73. The first-order valence-electron chi connectivity index (χ1n) is 12.1. The van der Waals surface area contributed by atoms with Gasteiger partial charge in [-0.15, -0.1) is 0 Å². The summed E-state index contributed by atoms with van der Waals surface area (Å²) in [5.41, 5.74) is -1.21. The molecule has 0 spiro atoms. The Kier molecular flexibility index (Phi) is 4.83. The SMILES string of the molecule is CC(C)(C)CC(C)(C(=O)OC12CCC3CC4(O)CCC(C1)C(C4)C3C2)C(C)(C)C. The summed E-state index contributed by atoms with van der Waals surface area (Å²) in [5.74, 6) is 2.60. The van der Waals surface area contributed by atoms with Crippen LogP contribution in [0.15, 0.2) is 0 Å². The van der Waals surface area contributed by atoms with Crippen LogP contribution in [0.4, 0.5) is 0 Å². The van der Waals surface area contributed by atoms with E-state index >= 15 is 0 Å². The average molecular weight is 405 g/mol. The lowest BCUT2D eigenvalue weighted by molar-refractivity contribution is -0.222. The van der Waals surface area contributed by atoms with Crippen LogP contribution < -0.4 is 0 Å². The van der Waals surface area contributed by atoms with Crippen molar-refractivity contribution < 1.29 is 14.6 Å². The van der Waals surface area contributed by atoms with Crippen molar-refractivity contribution in [2.45, 2.75) is 117 Å². The molecule has 7 unspecified atom stereocenters. The summed E-state index contributed by atoms with van der Waals surface area (Å²) in [5, 5.41) is 11.0. The summed E-state index contributed by atoms with van der Waals surface area (Å²) in [7, 11) is 0. The number of rotatable bonds is 3. The van der Waals surface area contributed by atoms with Crippen molar-refractivity contribution in [3.05, 3.63) is 0 Å². The van der Waals surface area contributed by atoms with Crippen LogP contribution in [0, 0.1) is 39.9 Å². The number of carbonyl (C=O) groups is 1. The summed E-state index contributed by atoms with van der Waals surface area (Å²) in [6.45, 7) is 15.4. The van der Waals surface area contributed by atoms with E-state index in [1.165, 1.54) is 0 Å². The minimum absolute atomic E-state index is 0.0277. The number of hydrogen-bond acceptors (Lipinski definition) is 3. The number of fused-ring (bicyclic) bond motifs is 2. The number of carbonyl (C=O) groups excluding carboxylic acids is 1. The van der Waals surface area contributed by atoms with E-state index in [9.17, 15) is 9.90 Å². The summed E-state index contributed by atoms with van der Waals surface area (Å²) in [4.78, 5) is 13.8. The molecule has 0 aromatic rings. The smallest absolute Gasteiger partial charge is 0.312 e. The maximum absolute atomic E-state index is 13.8. The van der Waals surface area contributed by atoms with E-state index in [2.05, 4.69) is 48.5 Å². The molecule has 0 aliphatic heterocycles. The zero-order chi connectivity index (χ0) is 21.5. The standard InChI is InChI=1S/C26H44O3/c1-22(2,3)16-24(7,23(4,5)6)21(27)29-26-11-9-17-12-25(28)10-8-18(13-26)19(14-25)20(17)15-26/h17-20,28H,8-16H2,1-7H3. The van der Waals surface area contributed by atoms with Gasteiger partial charge in [0.05, 0.1) is 11.0 Å². The Morgan fingerprint density at radius 1 is 0.897 bits per heavy atom. The van der Waals surface area contributed by atoms with Crippen molar-refractivity contribution >= 4 is 5.97 Å². The van der Waals surface area contributed by atoms with E-state index < -0.39 is 11.0 Å². The number of ether oxygens (including phenoxy) is 1. The largest absolute Gasteiger partial charge is 0.459 e. The molecule has 0 amide bonds. The molecule has 4 rings (SSSR count). The van der Waals surface area contributed by atoms with E-state index in [0.29, 0.717) is 23.7 Å². The van der Waals surface area contributed by atoms with Crippen LogP contribution >= 0.6 is 0 Å². The van der Waals surface area contributed by atoms with Gasteiger partial charge in [0.15, 0.2) is 0 Å². The van der Waals surface area contributed by atoms with Crippen LogP contribution in [0.2, 0.25) is 0 Å². The molecule has 0 aromatic heterocycles. The van der Waals surface area contributed by atoms with Crippen molar-refractivity contribution in [1.29, 1.82) is 0 Å². The van der Waals surface area contributed by atoms with Crippen LogP contribution in [0.1, 0.15) is 106 Å². The molecular formula is C26H44O3. The van der Waals surface area contributed by atoms with Gasteiger partial charge in [-0.25, -0.2) is 0 Å². The van der Waals surface area contributed by atoms with Gasteiger partial charge in [-0.05, 0) is 99.2 Å². The molecule has 0 radical (unpaired) electrons. The van der Waals surface area contributed by atoms with Crippen LogP contribution in [0.25, 0.3) is 0 Å². The molecule has 7 atom stereocenters. The lowest BCUT2D eigenvalue weighted by atomic mass is 9.46. The molecule has 1 N–H and O–H groups in total. The molecule has 3 nitrogen and oxygen atoms in total. The Labute approximate surface area is 178 Å². The molecule has 0 heterocycles. The Bertz CT molecular complexity index is 662. The molecular weight excluding hydrogens is 360 g/mol. The molecule has 0 aromatic carbocycles. The Morgan fingerprint density at radius 2 is 1.48 bits per heavy atom. The molecule has 4 saturated carbocycles. The highest BCUT2D eigenvalue weighted by atomic mass is 16.6. The first-order valence-corrected chi connectivity index (χ1v) is 12.1. The number of esters is 1. The zero-order valence-electron chi connectivity index (χ0n) is 19.9. The van der Waals surface area contributed by atoms with Crippen LogP contribution in [0.3, 0.4) is 0 Å². The third kappa shape index (κ3) is 3.68. The first kappa shape index (κ1) is 21.7. The molecule has 4 bridgehead atoms. The van der Waals surface area contributed by atoms with Crippen LogP contribution in [-0.2, 0) is 9.53 Å². The van der Waals surface area contributed by atoms with Crippen molar-refractivity contribution in [2.75, 3.05) is 0 Å². The van der Waals surface area contributed by atoms with Crippen LogP contribution in [-0.4, -0.2) is 22.3 Å². The van der Waals surface area contributed by atoms with E-state index in [4.69, 9.17) is 4.74 Å². The quantitative estimate of drug-likeness (QED) is 0.576. The maximum atomic E-state index is 13.8. The predicted molar refractivity (Wildman–Crippen MR) is 116 cm³/mol. The van der Waals surface area contributed by atoms with Crippen molar-refractivity contribution in [3.8, 4) is 0 Å². The van der Waals surface area contributed by atoms with Crippen molar-refractivity contribution in [2.24, 2.45) is 39.9 Å². The lowest BCUT2D eigenvalue weighted by Gasteiger charge is -2.62. The normalized spacial score (nSPS) is 43.6. The zero-order valence-corrected chi connectivity index (χ0v) is 19.9. The van der Waals surface area contributed by atoms with E-state index in [1.54, 1.807) is 0 Å². The molecule has 166 valence electrons. The van der Waals surface area contributed by atoms with Gasteiger partial charge in [-0.2, -0.15) is 0 Å². The summed E-state index contributed by atoms with van der Waals surface area (Å²) in [6, 6.07) is 0. The lowest BCUT2D eigenvalue weighted by Crippen LogP contribution is -2.61. The minimum Gasteiger partial charge on any atom is -0.459 e. The van der Waals surface area contributed by atoms with E-state index in [1.807, 2.05) is 0 Å².